The Kier molecular flexibility index (Phi) is 4.75. The van der Waals surface area contributed by atoms with Crippen LogP contribution in [0.1, 0.15) is 33.0 Å². The minimum absolute atomic E-state index is 0.0429. The zero-order chi connectivity index (χ0) is 15.4. The third-order valence-electron chi connectivity index (χ3n) is 3.42. The van der Waals surface area contributed by atoms with Crippen molar-refractivity contribution in [2.75, 3.05) is 6.54 Å². The van der Waals surface area contributed by atoms with Crippen LogP contribution in [0, 0.1) is 19.7 Å². The van der Waals surface area contributed by atoms with Crippen molar-refractivity contribution < 1.29 is 18.7 Å². The fourth-order valence-electron chi connectivity index (χ4n) is 2.19. The van der Waals surface area contributed by atoms with Gasteiger partial charge in [-0.3, -0.25) is 0 Å². The van der Waals surface area contributed by atoms with Crippen LogP contribution in [0.2, 0.25) is 0 Å². The van der Waals surface area contributed by atoms with Gasteiger partial charge in [0.25, 0.3) is 0 Å². The molecule has 0 unspecified atom stereocenters. The molecule has 0 amide bonds. The van der Waals surface area contributed by atoms with Gasteiger partial charge in [-0.1, -0.05) is 6.07 Å². The van der Waals surface area contributed by atoms with Crippen molar-refractivity contribution in [3.05, 3.63) is 58.3 Å². The molecule has 1 aromatic carbocycles. The number of aryl methyl sites for hydroxylation is 2. The molecule has 0 saturated carbocycles. The first-order valence-electron chi connectivity index (χ1n) is 6.75. The van der Waals surface area contributed by atoms with E-state index in [2.05, 4.69) is 5.32 Å². The number of carboxylic acids is 1. The largest absolute Gasteiger partial charge is 0.475 e. The zero-order valence-corrected chi connectivity index (χ0v) is 12.1. The second-order valence-electron chi connectivity index (χ2n) is 4.99. The standard InChI is InChI=1S/C16H18FNO3/c1-10-7-14(17)4-3-12(10)5-6-18-9-13-8-15(16(19)20)21-11(13)2/h3-4,7-8,18H,5-6,9H2,1-2H3,(H,19,20). The highest BCUT2D eigenvalue weighted by Crippen LogP contribution is 2.14. The molecule has 0 atom stereocenters. The van der Waals surface area contributed by atoms with E-state index < -0.39 is 5.97 Å². The van der Waals surface area contributed by atoms with Crippen LogP contribution >= 0.6 is 0 Å². The van der Waals surface area contributed by atoms with E-state index in [-0.39, 0.29) is 11.6 Å². The molecule has 0 fully saturated rings. The van der Waals surface area contributed by atoms with Crippen molar-refractivity contribution in [1.29, 1.82) is 0 Å². The van der Waals surface area contributed by atoms with Gasteiger partial charge in [0.1, 0.15) is 11.6 Å². The lowest BCUT2D eigenvalue weighted by Gasteiger charge is -2.07. The van der Waals surface area contributed by atoms with Gasteiger partial charge < -0.3 is 14.8 Å². The summed E-state index contributed by atoms with van der Waals surface area (Å²) in [6.07, 6.45) is 0.787. The van der Waals surface area contributed by atoms with Crippen LogP contribution in [-0.4, -0.2) is 17.6 Å². The van der Waals surface area contributed by atoms with Crippen molar-refractivity contribution in [1.82, 2.24) is 5.32 Å². The van der Waals surface area contributed by atoms with Crippen LogP contribution in [0.5, 0.6) is 0 Å². The third kappa shape index (κ3) is 3.92. The first kappa shape index (κ1) is 15.3. The number of aromatic carboxylic acids is 1. The molecule has 21 heavy (non-hydrogen) atoms. The summed E-state index contributed by atoms with van der Waals surface area (Å²) >= 11 is 0. The average Bonchev–Trinajstić information content (AvgIpc) is 2.78. The molecule has 0 radical (unpaired) electrons. The molecule has 0 bridgehead atoms. The van der Waals surface area contributed by atoms with Gasteiger partial charge in [0.15, 0.2) is 0 Å². The average molecular weight is 291 g/mol. The lowest BCUT2D eigenvalue weighted by Crippen LogP contribution is -2.17. The number of carbonyl (C=O) groups is 1. The van der Waals surface area contributed by atoms with E-state index in [1.807, 2.05) is 6.92 Å². The maximum absolute atomic E-state index is 13.0. The smallest absolute Gasteiger partial charge is 0.371 e. The molecule has 1 aromatic heterocycles. The summed E-state index contributed by atoms with van der Waals surface area (Å²) in [6, 6.07) is 6.31. The number of furan rings is 1. The maximum Gasteiger partial charge on any atom is 0.371 e. The SMILES string of the molecule is Cc1cc(F)ccc1CCNCc1cc(C(=O)O)oc1C. The van der Waals surface area contributed by atoms with Gasteiger partial charge >= 0.3 is 5.97 Å². The van der Waals surface area contributed by atoms with Crippen molar-refractivity contribution >= 4 is 5.97 Å². The Morgan fingerprint density at radius 2 is 2.05 bits per heavy atom. The minimum atomic E-state index is -1.06. The van der Waals surface area contributed by atoms with E-state index in [0.717, 1.165) is 29.7 Å². The second kappa shape index (κ2) is 6.54. The van der Waals surface area contributed by atoms with E-state index in [0.29, 0.717) is 12.3 Å². The van der Waals surface area contributed by atoms with Gasteiger partial charge in [-0.2, -0.15) is 0 Å². The van der Waals surface area contributed by atoms with Gasteiger partial charge in [0, 0.05) is 12.1 Å². The van der Waals surface area contributed by atoms with Crippen LogP contribution in [-0.2, 0) is 13.0 Å². The first-order chi connectivity index (χ1) is 9.97. The van der Waals surface area contributed by atoms with Crippen LogP contribution in [0.25, 0.3) is 0 Å². The molecule has 0 aliphatic carbocycles. The number of nitrogens with one attached hydrogen (secondary N) is 1. The molecule has 5 heteroatoms. The van der Waals surface area contributed by atoms with E-state index >= 15 is 0 Å². The van der Waals surface area contributed by atoms with Gasteiger partial charge in [0.05, 0.1) is 0 Å². The number of benzene rings is 1. The van der Waals surface area contributed by atoms with Crippen molar-refractivity contribution in [3.63, 3.8) is 0 Å². The summed E-state index contributed by atoms with van der Waals surface area (Å²) in [6.45, 7) is 4.90. The van der Waals surface area contributed by atoms with E-state index in [9.17, 15) is 9.18 Å². The fraction of sp³-hybridized carbons (Fsp3) is 0.312. The van der Waals surface area contributed by atoms with Gasteiger partial charge in [-0.25, -0.2) is 9.18 Å². The van der Waals surface area contributed by atoms with Crippen LogP contribution in [0.3, 0.4) is 0 Å². The van der Waals surface area contributed by atoms with Gasteiger partial charge in [-0.05, 0) is 56.1 Å². The minimum Gasteiger partial charge on any atom is -0.475 e. The summed E-state index contributed by atoms with van der Waals surface area (Å²) in [5, 5.41) is 12.1. The normalized spacial score (nSPS) is 10.8. The highest BCUT2D eigenvalue weighted by molar-refractivity contribution is 5.84. The van der Waals surface area contributed by atoms with Crippen molar-refractivity contribution in [2.24, 2.45) is 0 Å². The summed E-state index contributed by atoms with van der Waals surface area (Å²) in [5.41, 5.74) is 2.87. The fourth-order valence-corrected chi connectivity index (χ4v) is 2.19. The Hall–Kier alpha value is -2.14. The topological polar surface area (TPSA) is 62.5 Å². The second-order valence-corrected chi connectivity index (χ2v) is 4.99. The molecule has 112 valence electrons. The molecule has 0 aliphatic rings. The van der Waals surface area contributed by atoms with Gasteiger partial charge in [-0.15, -0.1) is 0 Å². The van der Waals surface area contributed by atoms with Crippen LogP contribution in [0.4, 0.5) is 4.39 Å². The summed E-state index contributed by atoms with van der Waals surface area (Å²) < 4.78 is 18.1. The molecule has 0 aliphatic heterocycles. The van der Waals surface area contributed by atoms with E-state index in [1.165, 1.54) is 18.2 Å². The highest BCUT2D eigenvalue weighted by atomic mass is 19.1. The van der Waals surface area contributed by atoms with Crippen LogP contribution in [0.15, 0.2) is 28.7 Å². The Bertz CT molecular complexity index is 649. The van der Waals surface area contributed by atoms with Crippen molar-refractivity contribution in [3.8, 4) is 0 Å². The van der Waals surface area contributed by atoms with Crippen LogP contribution < -0.4 is 5.32 Å². The molecule has 4 nitrogen and oxygen atoms in total. The number of carboxylic acid groups (broad SMARTS) is 1. The monoisotopic (exact) mass is 291 g/mol. The number of rotatable bonds is 6. The third-order valence-corrected chi connectivity index (χ3v) is 3.42. The zero-order valence-electron chi connectivity index (χ0n) is 12.1. The van der Waals surface area contributed by atoms with E-state index in [4.69, 9.17) is 9.52 Å². The quantitative estimate of drug-likeness (QED) is 0.803. The molecule has 0 saturated heterocycles. The van der Waals surface area contributed by atoms with E-state index in [1.54, 1.807) is 13.0 Å². The van der Waals surface area contributed by atoms with Crippen molar-refractivity contribution in [2.45, 2.75) is 26.8 Å². The molecular weight excluding hydrogens is 273 g/mol. The molecule has 1 heterocycles. The molecular formula is C16H18FNO3. The summed E-state index contributed by atoms with van der Waals surface area (Å²) in [7, 11) is 0. The molecule has 0 spiro atoms. The maximum atomic E-state index is 13.0. The van der Waals surface area contributed by atoms with Gasteiger partial charge in [0.2, 0.25) is 5.76 Å². The lowest BCUT2D eigenvalue weighted by molar-refractivity contribution is 0.0661. The lowest BCUT2D eigenvalue weighted by atomic mass is 10.1. The molecule has 2 N–H and O–H groups in total. The predicted molar refractivity (Wildman–Crippen MR) is 77.0 cm³/mol. The summed E-state index contributed by atoms with van der Waals surface area (Å²) in [4.78, 5) is 10.8. The molecule has 2 rings (SSSR count). The highest BCUT2D eigenvalue weighted by Gasteiger charge is 2.12. The summed E-state index contributed by atoms with van der Waals surface area (Å²) in [5.74, 6) is -0.720. The molecule has 2 aromatic rings. The number of hydrogen-bond donors (Lipinski definition) is 2. The Morgan fingerprint density at radius 1 is 1.29 bits per heavy atom. The Morgan fingerprint density at radius 3 is 2.67 bits per heavy atom. The number of hydrogen-bond acceptors (Lipinski definition) is 3. The Labute approximate surface area is 122 Å². The number of halogens is 1. The first-order valence-corrected chi connectivity index (χ1v) is 6.75. The predicted octanol–water partition coefficient (Wildman–Crippen LogP) is 3.07. The Balaban J connectivity index is 1.86.